The molecule has 0 saturated carbocycles. The second kappa shape index (κ2) is 4.09. The van der Waals surface area contributed by atoms with Gasteiger partial charge in [-0.3, -0.25) is 10.1 Å². The van der Waals surface area contributed by atoms with Gasteiger partial charge in [-0.2, -0.15) is 5.26 Å². The van der Waals surface area contributed by atoms with Crippen LogP contribution in [-0.4, -0.2) is 10.5 Å². The largest absolute Gasteiger partial charge is 0.264 e. The van der Waals surface area contributed by atoms with E-state index >= 15 is 0 Å². The zero-order valence-electron chi connectivity index (χ0n) is 8.73. The number of rotatable bonds is 3. The fraction of sp³-hybridized carbons (Fsp3) is 0.364. The first kappa shape index (κ1) is 11.2. The van der Waals surface area contributed by atoms with Gasteiger partial charge < -0.3 is 0 Å². The Balaban J connectivity index is 2.83. The van der Waals surface area contributed by atoms with Crippen LogP contribution in [0.5, 0.6) is 0 Å². The average Bonchev–Trinajstić information content (AvgIpc) is 2.18. The molecule has 1 rings (SSSR count). The third-order valence-electron chi connectivity index (χ3n) is 2.21. The number of hydrogen-bond donors (Lipinski definition) is 0. The summed E-state index contributed by atoms with van der Waals surface area (Å²) in [5.41, 5.74) is 0.474. The minimum Gasteiger partial charge on any atom is -0.264 e. The van der Waals surface area contributed by atoms with Gasteiger partial charge in [-0.1, -0.05) is 12.1 Å². The smallest absolute Gasteiger partial charge is 0.220 e. The van der Waals surface area contributed by atoms with Crippen molar-refractivity contribution in [2.75, 3.05) is 0 Å². The van der Waals surface area contributed by atoms with Crippen LogP contribution in [0.1, 0.15) is 25.0 Å². The maximum absolute atomic E-state index is 10.7. The summed E-state index contributed by atoms with van der Waals surface area (Å²) in [6.07, 6.45) is 0.367. The topological polar surface area (TPSA) is 66.9 Å². The number of nitriles is 1. The molecule has 4 nitrogen and oxygen atoms in total. The summed E-state index contributed by atoms with van der Waals surface area (Å²) in [6.45, 7) is 3.18. The summed E-state index contributed by atoms with van der Waals surface area (Å²) in [5.74, 6) is 0. The Hall–Kier alpha value is -1.89. The quantitative estimate of drug-likeness (QED) is 0.559. The van der Waals surface area contributed by atoms with E-state index in [1.54, 1.807) is 38.1 Å². The summed E-state index contributed by atoms with van der Waals surface area (Å²) >= 11 is 0. The maximum atomic E-state index is 10.7. The molecule has 0 unspecified atom stereocenters. The predicted molar refractivity (Wildman–Crippen MR) is 55.9 cm³/mol. The Labute approximate surface area is 88.3 Å². The molecule has 0 aliphatic carbocycles. The van der Waals surface area contributed by atoms with Gasteiger partial charge in [0.05, 0.1) is 11.6 Å². The Morgan fingerprint density at radius 1 is 1.40 bits per heavy atom. The molecule has 15 heavy (non-hydrogen) atoms. The molecule has 0 heterocycles. The monoisotopic (exact) mass is 204 g/mol. The van der Waals surface area contributed by atoms with Crippen molar-refractivity contribution in [2.45, 2.75) is 25.8 Å². The normalized spacial score (nSPS) is 10.7. The van der Waals surface area contributed by atoms with Gasteiger partial charge >= 0.3 is 0 Å². The molecule has 0 fully saturated rings. The van der Waals surface area contributed by atoms with E-state index in [2.05, 4.69) is 0 Å². The van der Waals surface area contributed by atoms with Crippen LogP contribution in [0.2, 0.25) is 0 Å². The van der Waals surface area contributed by atoms with Gasteiger partial charge in [0.15, 0.2) is 0 Å². The van der Waals surface area contributed by atoms with Crippen LogP contribution in [0, 0.1) is 21.4 Å². The van der Waals surface area contributed by atoms with E-state index in [1.807, 2.05) is 6.07 Å². The molecule has 0 aliphatic rings. The van der Waals surface area contributed by atoms with Crippen LogP contribution in [-0.2, 0) is 6.42 Å². The molecule has 0 N–H and O–H groups in total. The van der Waals surface area contributed by atoms with Crippen molar-refractivity contribution >= 4 is 0 Å². The van der Waals surface area contributed by atoms with Crippen LogP contribution >= 0.6 is 0 Å². The summed E-state index contributed by atoms with van der Waals surface area (Å²) in [6, 6.07) is 8.86. The van der Waals surface area contributed by atoms with E-state index in [9.17, 15) is 10.1 Å². The number of hydrogen-bond acceptors (Lipinski definition) is 3. The molecule has 0 atom stereocenters. The highest BCUT2D eigenvalue weighted by atomic mass is 16.6. The van der Waals surface area contributed by atoms with Crippen molar-refractivity contribution in [2.24, 2.45) is 0 Å². The first-order valence-electron chi connectivity index (χ1n) is 4.59. The first-order chi connectivity index (χ1) is 6.95. The average molecular weight is 204 g/mol. The van der Waals surface area contributed by atoms with Gasteiger partial charge in [0.2, 0.25) is 5.54 Å². The van der Waals surface area contributed by atoms with Gasteiger partial charge in [0.25, 0.3) is 0 Å². The highest BCUT2D eigenvalue weighted by molar-refractivity contribution is 5.32. The van der Waals surface area contributed by atoms with Gasteiger partial charge in [-0.15, -0.1) is 0 Å². The molecule has 0 bridgehead atoms. The van der Waals surface area contributed by atoms with Crippen molar-refractivity contribution in [3.8, 4) is 6.07 Å². The van der Waals surface area contributed by atoms with E-state index in [1.165, 1.54) is 0 Å². The van der Waals surface area contributed by atoms with Gasteiger partial charge in [-0.25, -0.2) is 0 Å². The van der Waals surface area contributed by atoms with E-state index in [0.29, 0.717) is 12.0 Å². The van der Waals surface area contributed by atoms with Crippen molar-refractivity contribution in [3.05, 3.63) is 45.5 Å². The second-order valence-corrected chi connectivity index (χ2v) is 4.06. The molecule has 1 aromatic rings. The zero-order valence-corrected chi connectivity index (χ0v) is 8.73. The Kier molecular flexibility index (Phi) is 3.05. The van der Waals surface area contributed by atoms with E-state index in [0.717, 1.165) is 5.56 Å². The number of benzene rings is 1. The molecule has 0 aliphatic heterocycles. The van der Waals surface area contributed by atoms with Crippen molar-refractivity contribution < 1.29 is 4.92 Å². The van der Waals surface area contributed by atoms with Crippen LogP contribution in [0.15, 0.2) is 24.3 Å². The Morgan fingerprint density at radius 2 is 1.93 bits per heavy atom. The molecular formula is C11H12N2O2. The summed E-state index contributed by atoms with van der Waals surface area (Å²) in [5, 5.41) is 19.3. The fourth-order valence-electron chi connectivity index (χ4n) is 1.26. The van der Waals surface area contributed by atoms with Crippen molar-refractivity contribution in [1.82, 2.24) is 0 Å². The summed E-state index contributed by atoms with van der Waals surface area (Å²) in [7, 11) is 0. The van der Waals surface area contributed by atoms with Crippen LogP contribution < -0.4 is 0 Å². The van der Waals surface area contributed by atoms with Gasteiger partial charge in [-0.05, 0) is 17.7 Å². The molecule has 0 amide bonds. The number of nitrogens with zero attached hydrogens (tertiary/aromatic N) is 2. The fourth-order valence-corrected chi connectivity index (χ4v) is 1.26. The number of nitro groups is 1. The summed E-state index contributed by atoms with van der Waals surface area (Å²) in [4.78, 5) is 10.4. The minimum atomic E-state index is -0.964. The second-order valence-electron chi connectivity index (χ2n) is 4.06. The molecule has 0 radical (unpaired) electrons. The maximum Gasteiger partial charge on any atom is 0.220 e. The van der Waals surface area contributed by atoms with Crippen LogP contribution in [0.3, 0.4) is 0 Å². The van der Waals surface area contributed by atoms with E-state index < -0.39 is 5.54 Å². The highest BCUT2D eigenvalue weighted by Crippen LogP contribution is 2.16. The van der Waals surface area contributed by atoms with Crippen LogP contribution in [0.4, 0.5) is 0 Å². The third kappa shape index (κ3) is 2.78. The lowest BCUT2D eigenvalue weighted by atomic mass is 9.95. The summed E-state index contributed by atoms with van der Waals surface area (Å²) < 4.78 is 0. The van der Waals surface area contributed by atoms with E-state index in [-0.39, 0.29) is 4.92 Å². The Bertz CT molecular complexity index is 402. The molecule has 0 aromatic heterocycles. The standard InChI is InChI=1S/C11H12N2O2/c1-11(2,13(14)15)7-9-3-5-10(8-12)6-4-9/h3-6H,7H2,1-2H3. The van der Waals surface area contributed by atoms with Crippen LogP contribution in [0.25, 0.3) is 0 Å². The predicted octanol–water partition coefficient (Wildman–Crippen LogP) is 2.16. The Morgan fingerprint density at radius 3 is 2.33 bits per heavy atom. The van der Waals surface area contributed by atoms with Crippen molar-refractivity contribution in [1.29, 1.82) is 5.26 Å². The lowest BCUT2D eigenvalue weighted by Crippen LogP contribution is -2.33. The lowest BCUT2D eigenvalue weighted by molar-refractivity contribution is -0.560. The van der Waals surface area contributed by atoms with E-state index in [4.69, 9.17) is 5.26 Å². The molecule has 78 valence electrons. The molecule has 1 aromatic carbocycles. The molecule has 0 saturated heterocycles. The molecule has 4 heteroatoms. The van der Waals surface area contributed by atoms with Crippen molar-refractivity contribution in [3.63, 3.8) is 0 Å². The molecular weight excluding hydrogens is 192 g/mol. The van der Waals surface area contributed by atoms with Gasteiger partial charge in [0, 0.05) is 25.2 Å². The zero-order chi connectivity index (χ0) is 11.5. The molecule has 0 spiro atoms. The first-order valence-corrected chi connectivity index (χ1v) is 4.59. The third-order valence-corrected chi connectivity index (χ3v) is 2.21. The van der Waals surface area contributed by atoms with Gasteiger partial charge in [0.1, 0.15) is 0 Å². The SMILES string of the molecule is CC(C)(Cc1ccc(C#N)cc1)[N+](=O)[O-]. The lowest BCUT2D eigenvalue weighted by Gasteiger charge is -2.15. The minimum absolute atomic E-state index is 0.287. The highest BCUT2D eigenvalue weighted by Gasteiger charge is 2.30.